The molecule has 0 bridgehead atoms. The highest BCUT2D eigenvalue weighted by Gasteiger charge is 2.56. The van der Waals surface area contributed by atoms with Crippen LogP contribution in [0.2, 0.25) is 0 Å². The lowest BCUT2D eigenvalue weighted by Gasteiger charge is -2.33. The van der Waals surface area contributed by atoms with Gasteiger partial charge in [-0.3, -0.25) is 4.72 Å². The number of carbonyl (C=O) groups excluding carboxylic acids is 1. The Morgan fingerprint density at radius 1 is 1.22 bits per heavy atom. The molecule has 1 aromatic rings. The van der Waals surface area contributed by atoms with E-state index in [1.807, 2.05) is 20.8 Å². The minimum Gasteiger partial charge on any atom is -0.444 e. The fraction of sp³-hybridized carbons (Fsp3) is 0.722. The monoisotopic (exact) mass is 394 g/mol. The Hall–Kier alpha value is -1.90. The molecule has 3 aliphatic rings. The third-order valence-electron chi connectivity index (χ3n) is 5.40. The maximum Gasteiger partial charge on any atom is 0.408 e. The van der Waals surface area contributed by atoms with Crippen molar-refractivity contribution in [1.29, 1.82) is 0 Å². The molecule has 3 aliphatic carbocycles. The normalized spacial score (nSPS) is 29.7. The number of sulfonamides is 1. The van der Waals surface area contributed by atoms with Gasteiger partial charge in [-0.15, -0.1) is 0 Å². The molecule has 8 nitrogen and oxygen atoms in total. The minimum atomic E-state index is -3.40. The van der Waals surface area contributed by atoms with Crippen molar-refractivity contribution in [1.82, 2.24) is 15.3 Å². The van der Waals surface area contributed by atoms with Crippen molar-refractivity contribution in [3.8, 4) is 0 Å². The highest BCUT2D eigenvalue weighted by molar-refractivity contribution is 7.93. The van der Waals surface area contributed by atoms with Crippen molar-refractivity contribution >= 4 is 21.9 Å². The number of rotatable bonds is 5. The zero-order chi connectivity index (χ0) is 19.4. The molecule has 1 amide bonds. The summed E-state index contributed by atoms with van der Waals surface area (Å²) in [7, 11) is -3.40. The third kappa shape index (κ3) is 4.02. The first-order chi connectivity index (χ1) is 12.6. The molecule has 2 unspecified atom stereocenters. The van der Waals surface area contributed by atoms with Crippen LogP contribution in [0.25, 0.3) is 0 Å². The molecule has 9 heteroatoms. The molecule has 0 radical (unpaired) electrons. The van der Waals surface area contributed by atoms with Gasteiger partial charge in [-0.1, -0.05) is 0 Å². The molecule has 27 heavy (non-hydrogen) atoms. The Morgan fingerprint density at radius 3 is 2.48 bits per heavy atom. The maximum absolute atomic E-state index is 12.4. The van der Waals surface area contributed by atoms with Crippen LogP contribution >= 0.6 is 0 Å². The smallest absolute Gasteiger partial charge is 0.408 e. The van der Waals surface area contributed by atoms with E-state index in [1.165, 1.54) is 12.7 Å². The lowest BCUT2D eigenvalue weighted by molar-refractivity contribution is 0.0442. The quantitative estimate of drug-likeness (QED) is 0.794. The van der Waals surface area contributed by atoms with E-state index < -0.39 is 27.3 Å². The first kappa shape index (κ1) is 18.5. The number of amides is 1. The summed E-state index contributed by atoms with van der Waals surface area (Å²) in [6.07, 6.45) is 4.96. The summed E-state index contributed by atoms with van der Waals surface area (Å²) < 4.78 is 32.4. The number of ether oxygens (including phenoxy) is 1. The van der Waals surface area contributed by atoms with Crippen LogP contribution in [0.5, 0.6) is 0 Å². The minimum absolute atomic E-state index is 0.248. The third-order valence-corrected chi connectivity index (χ3v) is 7.24. The SMILES string of the molecule is CC(C)(C)OC(=O)NC1(c2cc(NS(=O)(=O)C3CC3)ncn2)CC2CC2C1. The Morgan fingerprint density at radius 2 is 1.89 bits per heavy atom. The van der Waals surface area contributed by atoms with E-state index in [0.717, 1.165) is 12.8 Å². The van der Waals surface area contributed by atoms with Crippen molar-refractivity contribution in [2.24, 2.45) is 11.8 Å². The fourth-order valence-corrected chi connectivity index (χ4v) is 5.27. The number of carbonyl (C=O) groups is 1. The maximum atomic E-state index is 12.4. The molecule has 3 fully saturated rings. The van der Waals surface area contributed by atoms with E-state index in [2.05, 4.69) is 20.0 Å². The number of fused-ring (bicyclic) bond motifs is 1. The van der Waals surface area contributed by atoms with E-state index in [9.17, 15) is 13.2 Å². The summed E-state index contributed by atoms with van der Waals surface area (Å²) in [5.74, 6) is 1.39. The van der Waals surface area contributed by atoms with Crippen molar-refractivity contribution in [3.63, 3.8) is 0 Å². The van der Waals surface area contributed by atoms with Crippen LogP contribution in [-0.4, -0.2) is 35.3 Å². The summed E-state index contributed by atoms with van der Waals surface area (Å²) in [5, 5.41) is 2.69. The highest BCUT2D eigenvalue weighted by Crippen LogP contribution is 2.59. The number of aromatic nitrogens is 2. The lowest BCUT2D eigenvalue weighted by atomic mass is 9.89. The van der Waals surface area contributed by atoms with E-state index in [0.29, 0.717) is 30.4 Å². The van der Waals surface area contributed by atoms with Gasteiger partial charge < -0.3 is 10.1 Å². The molecule has 4 rings (SSSR count). The van der Waals surface area contributed by atoms with Crippen LogP contribution in [0.3, 0.4) is 0 Å². The second kappa shape index (κ2) is 6.05. The van der Waals surface area contributed by atoms with Crippen LogP contribution in [0.4, 0.5) is 10.6 Å². The van der Waals surface area contributed by atoms with Crippen molar-refractivity contribution in [2.75, 3.05) is 4.72 Å². The van der Waals surface area contributed by atoms with Crippen LogP contribution in [-0.2, 0) is 20.3 Å². The second-order valence-corrected chi connectivity index (χ2v) is 11.0. The van der Waals surface area contributed by atoms with Gasteiger partial charge >= 0.3 is 6.09 Å². The first-order valence-electron chi connectivity index (χ1n) is 9.42. The molecule has 1 heterocycles. The Kier molecular flexibility index (Phi) is 4.14. The Labute approximate surface area is 159 Å². The van der Waals surface area contributed by atoms with Crippen LogP contribution in [0.15, 0.2) is 12.4 Å². The van der Waals surface area contributed by atoms with Gasteiger partial charge in [0.15, 0.2) is 0 Å². The summed E-state index contributed by atoms with van der Waals surface area (Å²) in [6.45, 7) is 5.46. The largest absolute Gasteiger partial charge is 0.444 e. The Balaban J connectivity index is 1.57. The zero-order valence-corrected chi connectivity index (χ0v) is 16.7. The highest BCUT2D eigenvalue weighted by atomic mass is 32.2. The number of anilines is 1. The second-order valence-electron chi connectivity index (χ2n) is 9.01. The number of nitrogens with zero attached hydrogens (tertiary/aromatic N) is 2. The molecule has 148 valence electrons. The van der Waals surface area contributed by atoms with Gasteiger partial charge in [0, 0.05) is 6.07 Å². The lowest BCUT2D eigenvalue weighted by Crippen LogP contribution is -2.47. The molecule has 0 aromatic carbocycles. The van der Waals surface area contributed by atoms with Crippen molar-refractivity contribution in [3.05, 3.63) is 18.1 Å². The molecule has 0 saturated heterocycles. The molecule has 0 aliphatic heterocycles. The van der Waals surface area contributed by atoms with Gasteiger partial charge in [-0.05, 0) is 64.7 Å². The van der Waals surface area contributed by atoms with Gasteiger partial charge in [0.05, 0.1) is 16.5 Å². The predicted octanol–water partition coefficient (Wildman–Crippen LogP) is 2.53. The van der Waals surface area contributed by atoms with Crippen molar-refractivity contribution in [2.45, 2.75) is 69.3 Å². The van der Waals surface area contributed by atoms with Gasteiger partial charge in [0.2, 0.25) is 10.0 Å². The average molecular weight is 394 g/mol. The standard InChI is InChI=1S/C18H26N4O4S/c1-17(2,3)26-16(23)21-18(8-11-6-12(11)9-18)14-7-15(20-10-19-14)22-27(24,25)13-4-5-13/h7,10-13H,4-6,8-9H2,1-3H3,(H,21,23)(H,19,20,22). The van der Waals surface area contributed by atoms with Crippen molar-refractivity contribution < 1.29 is 17.9 Å². The average Bonchev–Trinajstić information content (AvgIpc) is 3.44. The first-order valence-corrected chi connectivity index (χ1v) is 11.0. The Bertz CT molecular complexity index is 850. The summed E-state index contributed by atoms with van der Waals surface area (Å²) in [4.78, 5) is 20.9. The summed E-state index contributed by atoms with van der Waals surface area (Å²) in [6, 6.07) is 1.64. The van der Waals surface area contributed by atoms with Gasteiger partial charge in [-0.25, -0.2) is 23.2 Å². The number of hydrogen-bond donors (Lipinski definition) is 2. The topological polar surface area (TPSA) is 110 Å². The number of hydrogen-bond acceptors (Lipinski definition) is 6. The molecule has 3 saturated carbocycles. The van der Waals surface area contributed by atoms with Crippen LogP contribution in [0.1, 0.15) is 58.6 Å². The van der Waals surface area contributed by atoms with E-state index in [4.69, 9.17) is 4.74 Å². The van der Waals surface area contributed by atoms with Gasteiger partial charge in [-0.2, -0.15) is 0 Å². The molecular weight excluding hydrogens is 368 g/mol. The molecule has 1 aromatic heterocycles. The van der Waals surface area contributed by atoms with Crippen LogP contribution in [0, 0.1) is 11.8 Å². The predicted molar refractivity (Wildman–Crippen MR) is 99.5 cm³/mol. The molecular formula is C18H26N4O4S. The zero-order valence-electron chi connectivity index (χ0n) is 15.9. The van der Waals surface area contributed by atoms with E-state index in [-0.39, 0.29) is 11.1 Å². The molecule has 0 spiro atoms. The summed E-state index contributed by atoms with van der Waals surface area (Å²) >= 11 is 0. The van der Waals surface area contributed by atoms with Crippen LogP contribution < -0.4 is 10.0 Å². The number of nitrogens with one attached hydrogen (secondary N) is 2. The molecule has 2 N–H and O–H groups in total. The van der Waals surface area contributed by atoms with Gasteiger partial charge in [0.25, 0.3) is 0 Å². The molecule has 2 atom stereocenters. The van der Waals surface area contributed by atoms with E-state index in [1.54, 1.807) is 6.07 Å². The van der Waals surface area contributed by atoms with E-state index >= 15 is 0 Å². The fourth-order valence-electron chi connectivity index (χ4n) is 3.95. The number of alkyl carbamates (subject to hydrolysis) is 1. The summed E-state index contributed by atoms with van der Waals surface area (Å²) in [5.41, 5.74) is -0.605. The van der Waals surface area contributed by atoms with Gasteiger partial charge in [0.1, 0.15) is 17.7 Å².